The Balaban J connectivity index is 1.34. The van der Waals surface area contributed by atoms with Gasteiger partial charge in [-0.25, -0.2) is 32.4 Å². The summed E-state index contributed by atoms with van der Waals surface area (Å²) in [7, 11) is 0.296. The second kappa shape index (κ2) is 13.5. The minimum Gasteiger partial charge on any atom is -0.477 e. The molecule has 2 saturated heterocycles. The van der Waals surface area contributed by atoms with E-state index in [4.69, 9.17) is 18.8 Å². The predicted octanol–water partition coefficient (Wildman–Crippen LogP) is 5.15. The number of halogens is 2. The van der Waals surface area contributed by atoms with Crippen molar-refractivity contribution < 1.29 is 46.7 Å². The molecule has 0 saturated carbocycles. The Bertz CT molecular complexity index is 2350. The first-order valence-corrected chi connectivity index (χ1v) is 18.6. The number of likely N-dealkylation sites (tertiary alicyclic amines) is 1. The van der Waals surface area contributed by atoms with Crippen molar-refractivity contribution in [2.24, 2.45) is 13.0 Å². The van der Waals surface area contributed by atoms with Crippen LogP contribution in [0.25, 0.3) is 33.3 Å². The fourth-order valence-electron chi connectivity index (χ4n) is 7.83. The molecular formula is C36H39F2N6O9P. The lowest BCUT2D eigenvalue weighted by Gasteiger charge is -2.31. The van der Waals surface area contributed by atoms with Gasteiger partial charge >= 0.3 is 19.9 Å². The number of amides is 1. The molecule has 3 atom stereocenters. The molecule has 7 rings (SSSR count). The molecule has 0 bridgehead atoms. The highest BCUT2D eigenvalue weighted by Gasteiger charge is 2.44. The van der Waals surface area contributed by atoms with Gasteiger partial charge in [0.05, 0.1) is 28.1 Å². The molecule has 2 aliphatic heterocycles. The average molecular weight is 769 g/mol. The minimum absolute atomic E-state index is 0.0164. The number of carboxylic acid groups (broad SMARTS) is 1. The number of pyridine rings is 3. The van der Waals surface area contributed by atoms with E-state index in [0.717, 1.165) is 23.9 Å². The maximum atomic E-state index is 16.3. The number of aromatic nitrogens is 3. The van der Waals surface area contributed by atoms with E-state index in [1.54, 1.807) is 19.3 Å². The second-order valence-corrected chi connectivity index (χ2v) is 16.2. The van der Waals surface area contributed by atoms with Crippen molar-refractivity contribution in [1.29, 1.82) is 0 Å². The summed E-state index contributed by atoms with van der Waals surface area (Å²) in [4.78, 5) is 63.0. The van der Waals surface area contributed by atoms with E-state index in [0.29, 0.717) is 47.1 Å². The molecule has 4 aromatic rings. The number of hydrogen-bond acceptors (Lipinski definition) is 11. The number of anilines is 2. The highest BCUT2D eigenvalue weighted by atomic mass is 31.2. The van der Waals surface area contributed by atoms with Gasteiger partial charge in [0.2, 0.25) is 12.2 Å². The van der Waals surface area contributed by atoms with Crippen LogP contribution in [0.15, 0.2) is 35.5 Å². The number of aromatic carboxylic acids is 1. The van der Waals surface area contributed by atoms with Crippen LogP contribution in [0.1, 0.15) is 48.8 Å². The first-order chi connectivity index (χ1) is 25.3. The van der Waals surface area contributed by atoms with Crippen molar-refractivity contribution in [2.45, 2.75) is 45.3 Å². The molecule has 5 heterocycles. The lowest BCUT2D eigenvalue weighted by Crippen LogP contribution is -2.35. The molecule has 3 aliphatic rings. The number of benzene rings is 1. The van der Waals surface area contributed by atoms with Crippen LogP contribution in [0.3, 0.4) is 0 Å². The summed E-state index contributed by atoms with van der Waals surface area (Å²) >= 11 is 0. The van der Waals surface area contributed by atoms with Gasteiger partial charge in [0.15, 0.2) is 11.6 Å². The third-order valence-electron chi connectivity index (χ3n) is 10.0. The molecule has 54 heavy (non-hydrogen) atoms. The van der Waals surface area contributed by atoms with Crippen LogP contribution < -0.4 is 15.2 Å². The standard InChI is InChI=1S/C36H39F2N6O9P/c1-36(2,3)53-54(49,50)52-17-51-35(48)43(6)26-11-24(37)30(38)28-20(26)10-25-29(28)31(44-8-7-18-14-41(4)16-27(18)44)22(13-39-25)19-9-21-32(45)23(34(46)47)15-42(5)33(21)40-12-19/h9,11-13,15,18,27H,7-8,10,14,16-17H2,1-6H3,(H,46,47)(H,49,50)/t18-,27+/m1/s1. The molecule has 2 N–H and O–H groups in total. The number of phosphoric ester groups is 1. The Morgan fingerprint density at radius 1 is 1.11 bits per heavy atom. The van der Waals surface area contributed by atoms with Crippen molar-refractivity contribution in [2.75, 3.05) is 50.3 Å². The smallest absolute Gasteiger partial charge is 0.475 e. The van der Waals surface area contributed by atoms with Crippen LogP contribution in [-0.4, -0.2) is 93.7 Å². The SMILES string of the molecule is CN1C[C@H]2CCN(c3c(-c4cnc5c(c4)c(=O)c(C(=O)O)cn5C)cnc4c3-c3c(F)c(F)cc(N(C)C(=O)OCOP(=O)(O)OC(C)(C)C)c3C4)[C@H]2C1. The lowest BCUT2D eigenvalue weighted by atomic mass is 9.96. The molecule has 2 fully saturated rings. The van der Waals surface area contributed by atoms with Gasteiger partial charge in [0.1, 0.15) is 11.2 Å². The summed E-state index contributed by atoms with van der Waals surface area (Å²) in [5.41, 5.74) is 0.442. The van der Waals surface area contributed by atoms with Crippen LogP contribution in [0, 0.1) is 17.6 Å². The zero-order valence-corrected chi connectivity index (χ0v) is 31.3. The molecule has 286 valence electrons. The zero-order chi connectivity index (χ0) is 39.0. The highest BCUT2D eigenvalue weighted by molar-refractivity contribution is 7.47. The monoisotopic (exact) mass is 768 g/mol. The van der Waals surface area contributed by atoms with E-state index >= 15 is 8.78 Å². The van der Waals surface area contributed by atoms with E-state index < -0.39 is 54.9 Å². The average Bonchev–Trinajstić information content (AvgIpc) is 3.78. The van der Waals surface area contributed by atoms with E-state index in [9.17, 15) is 28.9 Å². The van der Waals surface area contributed by atoms with Crippen molar-refractivity contribution >= 4 is 42.3 Å². The quantitative estimate of drug-likeness (QED) is 0.157. The Morgan fingerprint density at radius 3 is 2.56 bits per heavy atom. The van der Waals surface area contributed by atoms with Gasteiger partial charge in [-0.2, -0.15) is 0 Å². The summed E-state index contributed by atoms with van der Waals surface area (Å²) in [6, 6.07) is 2.44. The number of phosphoric acid groups is 1. The maximum Gasteiger partial charge on any atom is 0.475 e. The summed E-state index contributed by atoms with van der Waals surface area (Å²) in [6.45, 7) is 5.81. The van der Waals surface area contributed by atoms with Crippen LogP contribution in [0.5, 0.6) is 0 Å². The maximum absolute atomic E-state index is 16.3. The third-order valence-corrected chi connectivity index (χ3v) is 11.2. The van der Waals surface area contributed by atoms with Crippen molar-refractivity contribution in [1.82, 2.24) is 19.4 Å². The number of nitrogens with zero attached hydrogens (tertiary/aromatic N) is 6. The van der Waals surface area contributed by atoms with Crippen LogP contribution >= 0.6 is 7.82 Å². The van der Waals surface area contributed by atoms with Gasteiger partial charge in [-0.15, -0.1) is 0 Å². The molecule has 0 spiro atoms. The number of rotatable bonds is 8. The van der Waals surface area contributed by atoms with Gasteiger partial charge < -0.3 is 29.1 Å². The Kier molecular flexibility index (Phi) is 9.38. The van der Waals surface area contributed by atoms with Crippen LogP contribution in [-0.2, 0) is 31.8 Å². The van der Waals surface area contributed by atoms with Gasteiger partial charge in [0, 0.05) is 93.1 Å². The van der Waals surface area contributed by atoms with Crippen molar-refractivity contribution in [3.8, 4) is 22.3 Å². The van der Waals surface area contributed by atoms with E-state index in [-0.39, 0.29) is 40.3 Å². The van der Waals surface area contributed by atoms with E-state index in [1.807, 2.05) is 7.05 Å². The van der Waals surface area contributed by atoms with E-state index in [2.05, 4.69) is 14.8 Å². The summed E-state index contributed by atoms with van der Waals surface area (Å²) in [6.07, 6.45) is 4.12. The summed E-state index contributed by atoms with van der Waals surface area (Å²) in [5.74, 6) is -3.47. The highest BCUT2D eigenvalue weighted by Crippen LogP contribution is 2.53. The van der Waals surface area contributed by atoms with E-state index in [1.165, 1.54) is 44.8 Å². The molecule has 1 amide bonds. The van der Waals surface area contributed by atoms with Crippen molar-refractivity contribution in [3.63, 3.8) is 0 Å². The number of carbonyl (C=O) groups is 2. The first-order valence-electron chi connectivity index (χ1n) is 17.1. The Hall–Kier alpha value is -4.80. The largest absolute Gasteiger partial charge is 0.477 e. The number of fused-ring (bicyclic) bond motifs is 5. The number of hydrogen-bond donors (Lipinski definition) is 2. The molecule has 0 radical (unpaired) electrons. The fraction of sp³-hybridized carbons (Fsp3) is 0.417. The molecule has 1 unspecified atom stereocenters. The lowest BCUT2D eigenvalue weighted by molar-refractivity contribution is 0.00915. The number of carbonyl (C=O) groups excluding carboxylic acids is 1. The molecule has 1 aromatic carbocycles. The van der Waals surface area contributed by atoms with Gasteiger partial charge in [-0.05, 0) is 51.8 Å². The number of ether oxygens (including phenoxy) is 1. The molecule has 3 aromatic heterocycles. The van der Waals surface area contributed by atoms with Crippen LogP contribution in [0.4, 0.5) is 25.0 Å². The van der Waals surface area contributed by atoms with Crippen molar-refractivity contribution in [3.05, 3.63) is 69.4 Å². The zero-order valence-electron chi connectivity index (χ0n) is 30.4. The summed E-state index contributed by atoms with van der Waals surface area (Å²) < 4.78 is 60.5. The van der Waals surface area contributed by atoms with Gasteiger partial charge in [-0.3, -0.25) is 19.2 Å². The molecule has 1 aliphatic carbocycles. The Labute approximate surface area is 308 Å². The number of carboxylic acids is 1. The normalized spacial score (nSPS) is 19.1. The molecule has 15 nitrogen and oxygen atoms in total. The fourth-order valence-corrected chi connectivity index (χ4v) is 8.76. The predicted molar refractivity (Wildman–Crippen MR) is 194 cm³/mol. The van der Waals surface area contributed by atoms with Crippen LogP contribution in [0.2, 0.25) is 0 Å². The first kappa shape index (κ1) is 37.5. The van der Waals surface area contributed by atoms with Gasteiger partial charge in [0.25, 0.3) is 0 Å². The topological polar surface area (TPSA) is 177 Å². The molecule has 18 heteroatoms. The second-order valence-electron chi connectivity index (χ2n) is 14.9. The van der Waals surface area contributed by atoms with Gasteiger partial charge in [-0.1, -0.05) is 0 Å². The number of aryl methyl sites for hydroxylation is 1. The molecular weight excluding hydrogens is 729 g/mol. The Morgan fingerprint density at radius 2 is 1.85 bits per heavy atom. The minimum atomic E-state index is -4.59. The number of likely N-dealkylation sites (N-methyl/N-ethyl adjacent to an activating group) is 1. The third kappa shape index (κ3) is 6.64. The summed E-state index contributed by atoms with van der Waals surface area (Å²) in [5, 5.41) is 9.76.